The number of rotatable bonds is 14. The first kappa shape index (κ1) is 35.6. The van der Waals surface area contributed by atoms with Gasteiger partial charge in [-0.05, 0) is 37.0 Å². The molecule has 0 aliphatic rings. The third-order valence-electron chi connectivity index (χ3n) is 3.10. The van der Waals surface area contributed by atoms with Crippen LogP contribution in [0, 0.1) is 0 Å². The van der Waals surface area contributed by atoms with Crippen molar-refractivity contribution < 1.29 is 88.6 Å². The summed E-state index contributed by atoms with van der Waals surface area (Å²) < 4.78 is 222. The molecule has 0 aliphatic carbocycles. The Morgan fingerprint density at radius 1 is 0.750 bits per heavy atom. The lowest BCUT2D eigenvalue weighted by Crippen LogP contribution is -2.66. The molecule has 218 valence electrons. The zero-order valence-electron chi connectivity index (χ0n) is 16.8. The number of hydrogen-bond donors (Lipinski definition) is 1. The first-order chi connectivity index (χ1) is 15.5. The third-order valence-corrected chi connectivity index (χ3v) is 7.72. The van der Waals surface area contributed by atoms with Crippen molar-refractivity contribution in [3.05, 3.63) is 0 Å². The second-order valence-corrected chi connectivity index (χ2v) is 10.5. The fourth-order valence-electron chi connectivity index (χ4n) is 1.59. The number of nitrogens with one attached hydrogen (secondary N) is 1. The van der Waals surface area contributed by atoms with Crippen LogP contribution in [-0.4, -0.2) is 61.8 Å². The average molecular weight is 650 g/mol. The van der Waals surface area contributed by atoms with Gasteiger partial charge in [-0.15, -0.1) is 4.49 Å². The summed E-state index contributed by atoms with van der Waals surface area (Å²) in [4.78, 5) is 0. The molecule has 2 unspecified atom stereocenters. The maximum absolute atomic E-state index is 14.1. The molecule has 25 heteroatoms. The Labute approximate surface area is 201 Å². The minimum absolute atomic E-state index is 0.193. The van der Waals surface area contributed by atoms with Gasteiger partial charge in [-0.2, -0.15) is 57.1 Å². The molecule has 0 heterocycles. The van der Waals surface area contributed by atoms with Gasteiger partial charge in [-0.1, -0.05) is 0 Å². The van der Waals surface area contributed by atoms with Gasteiger partial charge in [0.1, 0.15) is 0 Å². The summed E-state index contributed by atoms with van der Waals surface area (Å²) in [5, 5.41) is -19.2. The predicted octanol–water partition coefficient (Wildman–Crippen LogP) is 5.82. The lowest BCUT2D eigenvalue weighted by Gasteiger charge is -2.39. The van der Waals surface area contributed by atoms with E-state index >= 15 is 0 Å². The van der Waals surface area contributed by atoms with Crippen LogP contribution >= 0.6 is 30.9 Å². The van der Waals surface area contributed by atoms with Gasteiger partial charge in [-0.3, -0.25) is 18.5 Å². The molecule has 2 atom stereocenters. The highest BCUT2D eigenvalue weighted by molar-refractivity contribution is 7.95. The Morgan fingerprint density at radius 2 is 1.14 bits per heavy atom. The first-order valence-electron chi connectivity index (χ1n) is 8.16. The molecule has 0 aromatic rings. The first-order valence-corrected chi connectivity index (χ1v) is 11.9. The SMILES string of the molecule is CCOP(=O)(NS(=O)(=O)C(F)(F)C(F)(F)OC(F)(C(F)(F)F)C(F)(F)OC(F)(Cl)C(F)(F)Cl)OCC. The normalized spacial score (nSPS) is 18.6. The Morgan fingerprint density at radius 3 is 1.44 bits per heavy atom. The molecular formula is C11H11Cl2F13NO7PS. The van der Waals surface area contributed by atoms with Crippen LogP contribution in [0.2, 0.25) is 0 Å². The van der Waals surface area contributed by atoms with Crippen molar-refractivity contribution in [2.75, 3.05) is 13.2 Å². The molecule has 0 aromatic heterocycles. The topological polar surface area (TPSA) is 100 Å². The predicted molar refractivity (Wildman–Crippen MR) is 90.3 cm³/mol. The van der Waals surface area contributed by atoms with E-state index in [1.54, 1.807) is 4.74 Å². The van der Waals surface area contributed by atoms with E-state index in [-0.39, 0.29) is 4.49 Å². The third kappa shape index (κ3) is 7.19. The lowest BCUT2D eigenvalue weighted by molar-refractivity contribution is -0.526. The largest absolute Gasteiger partial charge is 0.458 e. The van der Waals surface area contributed by atoms with Crippen molar-refractivity contribution in [3.8, 4) is 0 Å². The summed E-state index contributed by atoms with van der Waals surface area (Å²) in [5.74, 6) is -7.74. The summed E-state index contributed by atoms with van der Waals surface area (Å²) in [6.07, 6.45) is -22.8. The molecule has 0 spiro atoms. The number of sulfonamides is 1. The molecule has 8 nitrogen and oxygen atoms in total. The van der Waals surface area contributed by atoms with Crippen LogP contribution in [0.3, 0.4) is 0 Å². The Balaban J connectivity index is 6.64. The summed E-state index contributed by atoms with van der Waals surface area (Å²) in [7, 11) is -12.9. The van der Waals surface area contributed by atoms with Crippen molar-refractivity contribution in [1.29, 1.82) is 0 Å². The van der Waals surface area contributed by atoms with E-state index in [2.05, 4.69) is 32.2 Å². The van der Waals surface area contributed by atoms with E-state index in [9.17, 15) is 70.1 Å². The zero-order valence-corrected chi connectivity index (χ0v) is 20.0. The van der Waals surface area contributed by atoms with Crippen LogP contribution in [0.1, 0.15) is 13.8 Å². The van der Waals surface area contributed by atoms with Crippen molar-refractivity contribution >= 4 is 41.0 Å². The molecule has 0 saturated heterocycles. The van der Waals surface area contributed by atoms with Crippen LogP contribution in [0.5, 0.6) is 0 Å². The van der Waals surface area contributed by atoms with Crippen LogP contribution in [0.15, 0.2) is 0 Å². The van der Waals surface area contributed by atoms with Gasteiger partial charge >= 0.3 is 47.9 Å². The van der Waals surface area contributed by atoms with Gasteiger partial charge in [0.05, 0.1) is 13.2 Å². The van der Waals surface area contributed by atoms with Gasteiger partial charge in [0.25, 0.3) is 10.0 Å². The average Bonchev–Trinajstić information content (AvgIpc) is 2.57. The maximum Gasteiger partial charge on any atom is 0.458 e. The van der Waals surface area contributed by atoms with Crippen LogP contribution < -0.4 is 4.49 Å². The minimum atomic E-state index is -7.74. The summed E-state index contributed by atoms with van der Waals surface area (Å²) in [6, 6.07) is 0. The second-order valence-electron chi connectivity index (χ2n) is 5.79. The monoisotopic (exact) mass is 649 g/mol. The van der Waals surface area contributed by atoms with Crippen LogP contribution in [-0.2, 0) is 33.1 Å². The fraction of sp³-hybridized carbons (Fsp3) is 1.00. The summed E-state index contributed by atoms with van der Waals surface area (Å²) in [6.45, 7) is 0.173. The highest BCUT2D eigenvalue weighted by Gasteiger charge is 2.83. The Kier molecular flexibility index (Phi) is 10.6. The van der Waals surface area contributed by atoms with Crippen molar-refractivity contribution in [3.63, 3.8) is 0 Å². The Bertz CT molecular complexity index is 920. The van der Waals surface area contributed by atoms with Crippen molar-refractivity contribution in [2.45, 2.75) is 54.0 Å². The lowest BCUT2D eigenvalue weighted by atomic mass is 10.2. The van der Waals surface area contributed by atoms with E-state index < -0.39 is 71.2 Å². The molecule has 0 amide bonds. The summed E-state index contributed by atoms with van der Waals surface area (Å²) >= 11 is 7.80. The minimum Gasteiger partial charge on any atom is -0.296 e. The van der Waals surface area contributed by atoms with Crippen LogP contribution in [0.25, 0.3) is 0 Å². The molecule has 0 bridgehead atoms. The molecule has 0 aliphatic heterocycles. The van der Waals surface area contributed by atoms with Crippen LogP contribution in [0.4, 0.5) is 57.1 Å². The van der Waals surface area contributed by atoms with E-state index in [0.717, 1.165) is 13.8 Å². The smallest absolute Gasteiger partial charge is 0.296 e. The molecule has 36 heavy (non-hydrogen) atoms. The maximum atomic E-state index is 14.1. The highest BCUT2D eigenvalue weighted by atomic mass is 35.5. The molecule has 0 saturated carbocycles. The van der Waals surface area contributed by atoms with Crippen molar-refractivity contribution in [1.82, 2.24) is 4.49 Å². The van der Waals surface area contributed by atoms with E-state index in [4.69, 9.17) is 0 Å². The number of hydrogen-bond acceptors (Lipinski definition) is 7. The number of ether oxygens (including phenoxy) is 2. The zero-order chi connectivity index (χ0) is 29.4. The van der Waals surface area contributed by atoms with Crippen molar-refractivity contribution in [2.24, 2.45) is 0 Å². The van der Waals surface area contributed by atoms with Gasteiger partial charge in [0.2, 0.25) is 0 Å². The molecule has 0 radical (unpaired) electrons. The summed E-state index contributed by atoms with van der Waals surface area (Å²) in [5.41, 5.74) is 0. The molecule has 0 fully saturated rings. The second kappa shape index (κ2) is 10.7. The molecular weight excluding hydrogens is 639 g/mol. The number of alkyl halides is 15. The molecule has 0 rings (SSSR count). The number of halogens is 15. The molecule has 0 aromatic carbocycles. The quantitative estimate of drug-likeness (QED) is 0.144. The van der Waals surface area contributed by atoms with Gasteiger partial charge in [0, 0.05) is 0 Å². The van der Waals surface area contributed by atoms with Gasteiger partial charge < -0.3 is 0 Å². The fourth-order valence-corrected chi connectivity index (χ4v) is 4.90. The standard InChI is InChI=1S/C11H11Cl2F13NO7PS/c1-3-31-35(28,32-4-2)27-36(29,30)11(25,26)10(23,24)33-5(14,8(18,19)20)9(21,22)34-7(13,17)6(12,15)16/h3-4H2,1-2H3,(H,27,28). The molecule has 1 N–H and O–H groups in total. The van der Waals surface area contributed by atoms with E-state index in [1.165, 1.54) is 0 Å². The van der Waals surface area contributed by atoms with Gasteiger partial charge in [0.15, 0.2) is 0 Å². The van der Waals surface area contributed by atoms with E-state index in [0.29, 0.717) is 0 Å². The van der Waals surface area contributed by atoms with Gasteiger partial charge in [-0.25, -0.2) is 13.0 Å². The van der Waals surface area contributed by atoms with E-state index in [1.807, 2.05) is 4.74 Å². The highest BCUT2D eigenvalue weighted by Crippen LogP contribution is 2.56. The Hall–Kier alpha value is -0.350.